The highest BCUT2D eigenvalue weighted by atomic mass is 31.2. The highest BCUT2D eigenvalue weighted by Gasteiger charge is 2.60. The van der Waals surface area contributed by atoms with Crippen LogP contribution in [0.25, 0.3) is 0 Å². The highest BCUT2D eigenvalue weighted by molar-refractivity contribution is 7.74. The Morgan fingerprint density at radius 1 is 1.26 bits per heavy atom. The number of hydrogen-bond donors (Lipinski definition) is 4. The molecule has 0 bridgehead atoms. The molecule has 0 fully saturated rings. The zero-order valence-electron chi connectivity index (χ0n) is 10.4. The van der Waals surface area contributed by atoms with Gasteiger partial charge in [-0.15, -0.1) is 0 Å². The van der Waals surface area contributed by atoms with E-state index in [0.29, 0.717) is 12.4 Å². The van der Waals surface area contributed by atoms with Crippen LogP contribution in [0, 0.1) is 0 Å². The molecule has 0 radical (unpaired) electrons. The van der Waals surface area contributed by atoms with Gasteiger partial charge in [-0.05, 0) is 0 Å². The minimum Gasteiger partial charge on any atom is -0.496 e. The number of pyridine rings is 1. The molecule has 0 saturated carbocycles. The van der Waals surface area contributed by atoms with E-state index in [0.717, 1.165) is 0 Å². The number of nitrogens with zero attached hydrogens (tertiary/aromatic N) is 1. The Morgan fingerprint density at radius 2 is 1.74 bits per heavy atom. The number of ether oxygens (including phenoxy) is 1. The van der Waals surface area contributed by atoms with Crippen LogP contribution in [0.15, 0.2) is 24.5 Å². The normalized spacial score (nSPS) is 18.4. The molecule has 1 rings (SSSR count). The van der Waals surface area contributed by atoms with Crippen LogP contribution < -0.4 is 9.30 Å². The number of rotatable bonds is 5. The predicted molar refractivity (Wildman–Crippen MR) is 65.9 cm³/mol. The van der Waals surface area contributed by atoms with Crippen LogP contribution in [0.4, 0.5) is 0 Å². The maximum Gasteiger partial charge on any atom is 0.373 e. The molecule has 1 aromatic heterocycles. The number of aromatic nitrogens is 1. The highest BCUT2D eigenvalue weighted by Crippen LogP contribution is 2.67. The van der Waals surface area contributed by atoms with Gasteiger partial charge in [0.1, 0.15) is 5.75 Å². The molecule has 0 aliphatic heterocycles. The molecule has 19 heavy (non-hydrogen) atoms. The molecule has 0 saturated heterocycles. The Kier molecular flexibility index (Phi) is 4.57. The largest absolute Gasteiger partial charge is 0.496 e. The summed E-state index contributed by atoms with van der Waals surface area (Å²) in [6, 6.07) is 2.97. The van der Waals surface area contributed by atoms with Gasteiger partial charge in [0, 0.05) is 18.8 Å². The summed E-state index contributed by atoms with van der Waals surface area (Å²) < 4.78 is 29.0. The molecule has 10 heteroatoms. The maximum atomic E-state index is 11.6. The summed E-state index contributed by atoms with van der Waals surface area (Å²) in [7, 11) is -8.21. The molecule has 0 aliphatic rings. The van der Waals surface area contributed by atoms with Crippen molar-refractivity contribution in [1.82, 2.24) is 0 Å². The zero-order valence-corrected chi connectivity index (χ0v) is 12.2. The van der Waals surface area contributed by atoms with E-state index in [-0.39, 0.29) is 0 Å². The van der Waals surface area contributed by atoms with Crippen molar-refractivity contribution in [2.75, 3.05) is 13.8 Å². The van der Waals surface area contributed by atoms with E-state index < -0.39 is 26.6 Å². The van der Waals surface area contributed by atoms with Crippen LogP contribution in [0.2, 0.25) is 0 Å². The zero-order chi connectivity index (χ0) is 14.9. The van der Waals surface area contributed by atoms with E-state index >= 15 is 0 Å². The summed E-state index contributed by atoms with van der Waals surface area (Å²) in [6.45, 7) is -0.0122. The first-order valence-corrected chi connectivity index (χ1v) is 8.84. The summed E-state index contributed by atoms with van der Waals surface area (Å²) >= 11 is 0. The van der Waals surface area contributed by atoms with Gasteiger partial charge in [0.05, 0.1) is 7.11 Å². The topological polar surface area (TPSA) is 128 Å². The van der Waals surface area contributed by atoms with Crippen molar-refractivity contribution in [3.05, 3.63) is 24.5 Å². The average molecular weight is 312 g/mol. The second kappa shape index (κ2) is 5.32. The maximum absolute atomic E-state index is 11.6. The van der Waals surface area contributed by atoms with Gasteiger partial charge in [-0.2, -0.15) is 0 Å². The van der Waals surface area contributed by atoms with Gasteiger partial charge in [-0.25, -0.2) is 4.57 Å². The van der Waals surface area contributed by atoms with Gasteiger partial charge in [-0.1, -0.05) is 0 Å². The summed E-state index contributed by atoms with van der Waals surface area (Å²) in [5.74, 6) is 0.500. The van der Waals surface area contributed by atoms with Crippen molar-refractivity contribution < 1.29 is 38.2 Å². The molecule has 0 aromatic carbocycles. The fourth-order valence-electron chi connectivity index (χ4n) is 1.40. The molecule has 4 N–H and O–H groups in total. The van der Waals surface area contributed by atoms with E-state index in [1.807, 2.05) is 0 Å². The minimum atomic E-state index is -5.20. The molecule has 2 atom stereocenters. The molecule has 0 amide bonds. The number of hydrogen-bond acceptors (Lipinski definition) is 4. The Balaban J connectivity index is 3.16. The summed E-state index contributed by atoms with van der Waals surface area (Å²) in [5.41, 5.74) is 0. The number of methoxy groups -OCH3 is 1. The summed E-state index contributed by atoms with van der Waals surface area (Å²) in [6.07, 6.45) is 2.74. The third-order valence-electron chi connectivity index (χ3n) is 2.62. The van der Waals surface area contributed by atoms with Crippen molar-refractivity contribution in [3.63, 3.8) is 0 Å². The van der Waals surface area contributed by atoms with E-state index in [9.17, 15) is 19.1 Å². The Hall–Kier alpha value is -0.750. The van der Waals surface area contributed by atoms with E-state index in [1.54, 1.807) is 0 Å². The lowest BCUT2D eigenvalue weighted by atomic mass is 10.4. The first kappa shape index (κ1) is 16.3. The summed E-state index contributed by atoms with van der Waals surface area (Å²) in [4.78, 5) is 27.7. The smallest absolute Gasteiger partial charge is 0.373 e. The van der Waals surface area contributed by atoms with Crippen LogP contribution in [0.3, 0.4) is 0 Å². The van der Waals surface area contributed by atoms with Crippen molar-refractivity contribution in [1.29, 1.82) is 0 Å². The molecule has 8 nitrogen and oxygen atoms in total. The van der Waals surface area contributed by atoms with Gasteiger partial charge >= 0.3 is 12.7 Å². The van der Waals surface area contributed by atoms with Crippen molar-refractivity contribution in [3.8, 4) is 5.75 Å². The quantitative estimate of drug-likeness (QED) is 0.434. The van der Waals surface area contributed by atoms with Crippen LogP contribution >= 0.6 is 15.0 Å². The van der Waals surface area contributed by atoms with E-state index in [4.69, 9.17) is 14.5 Å². The van der Waals surface area contributed by atoms with Gasteiger partial charge < -0.3 is 24.5 Å². The monoisotopic (exact) mass is 312 g/mol. The molecule has 0 spiro atoms. The minimum absolute atomic E-state index is 0.500. The predicted octanol–water partition coefficient (Wildman–Crippen LogP) is -0.293. The molecule has 108 valence electrons. The second-order valence-corrected chi connectivity index (χ2v) is 8.79. The average Bonchev–Trinajstić information content (AvgIpc) is 2.27. The molecule has 2 unspecified atom stereocenters. The van der Waals surface area contributed by atoms with Crippen LogP contribution in [-0.4, -0.2) is 38.6 Å². The molecule has 0 aliphatic carbocycles. The molecule has 1 aromatic rings. The van der Waals surface area contributed by atoms with E-state index in [2.05, 4.69) is 0 Å². The van der Waals surface area contributed by atoms with Crippen LogP contribution in [-0.2, 0) is 15.7 Å². The van der Waals surface area contributed by atoms with Crippen molar-refractivity contribution in [2.24, 2.45) is 0 Å². The lowest BCUT2D eigenvalue weighted by Crippen LogP contribution is -2.47. The fraction of sp³-hybridized carbons (Fsp3) is 0.444. The molecular weight excluding hydrogens is 296 g/mol. The first-order valence-electron chi connectivity index (χ1n) is 5.13. The van der Waals surface area contributed by atoms with E-state index in [1.165, 1.54) is 36.2 Å². The third kappa shape index (κ3) is 3.42. The van der Waals surface area contributed by atoms with Gasteiger partial charge in [0.2, 0.25) is 7.37 Å². The van der Waals surface area contributed by atoms with Crippen molar-refractivity contribution in [2.45, 2.75) is 11.6 Å². The van der Waals surface area contributed by atoms with Gasteiger partial charge in [0.25, 0.3) is 0 Å². The number of aliphatic hydroxyl groups is 1. The van der Waals surface area contributed by atoms with Crippen LogP contribution in [0.1, 0.15) is 0 Å². The molecule has 1 heterocycles. The Labute approximate surface area is 109 Å². The standard InChI is InChI=1S/C9H15NO7P2/c1-17-8-3-5-10(6-4-8)7-9(11,18(2,12)13)19(14,15)16/h3-6,11H,7H2,1-2H3,(H2-,12,13,14,15,16)/p+1. The van der Waals surface area contributed by atoms with Gasteiger partial charge in [0.15, 0.2) is 18.9 Å². The van der Waals surface area contributed by atoms with Crippen LogP contribution in [0.5, 0.6) is 5.75 Å². The lowest BCUT2D eigenvalue weighted by molar-refractivity contribution is -0.703. The Bertz CT molecular complexity index is 510. The third-order valence-corrected chi connectivity index (χ3v) is 7.06. The lowest BCUT2D eigenvalue weighted by Gasteiger charge is -2.27. The van der Waals surface area contributed by atoms with Crippen molar-refractivity contribution >= 4 is 15.0 Å². The molecular formula is C9H16NO7P2+. The second-order valence-electron chi connectivity index (χ2n) is 4.11. The SMILES string of the molecule is COc1cc[n+](CC(O)(P(C)(=O)O)P(=O)(O)O)cc1. The summed E-state index contributed by atoms with van der Waals surface area (Å²) in [5, 5.41) is 6.91. The Morgan fingerprint density at radius 3 is 2.05 bits per heavy atom. The fourth-order valence-corrected chi connectivity index (χ4v) is 4.10. The first-order chi connectivity index (χ1) is 8.51. The van der Waals surface area contributed by atoms with Gasteiger partial charge in [-0.3, -0.25) is 9.13 Å².